The van der Waals surface area contributed by atoms with Gasteiger partial charge in [-0.3, -0.25) is 14.4 Å². The Morgan fingerprint density at radius 1 is 0.935 bits per heavy atom. The number of esters is 1. The molecule has 256 valence electrons. The van der Waals surface area contributed by atoms with Crippen LogP contribution in [-0.2, 0) is 35.3 Å². The minimum Gasteiger partial charge on any atom is -0.497 e. The maximum Gasteiger partial charge on any atom is 0.329 e. The number of cyclic esters (lactones) is 1. The predicted octanol–water partition coefficient (Wildman–Crippen LogP) is 6.10. The SMILES string of the molecule is CC[C@H](C)[C@@H]1NC(=O)[C@@H]([C@@H](C)CC)NC(=O)CC(=O)[C@H](C)[C@H](/C=C(\C)C[C@H](C)C/C(C)=C/COCc2ccc(OC)cc2)OC1=O. The van der Waals surface area contributed by atoms with Gasteiger partial charge >= 0.3 is 5.97 Å². The minimum absolute atomic E-state index is 0.182. The minimum atomic E-state index is -0.905. The van der Waals surface area contributed by atoms with Gasteiger partial charge < -0.3 is 24.8 Å². The molecule has 0 unspecified atom stereocenters. The smallest absolute Gasteiger partial charge is 0.329 e. The van der Waals surface area contributed by atoms with E-state index in [1.807, 2.05) is 65.0 Å². The largest absolute Gasteiger partial charge is 0.497 e. The van der Waals surface area contributed by atoms with Crippen molar-refractivity contribution in [1.29, 1.82) is 0 Å². The third kappa shape index (κ3) is 12.4. The highest BCUT2D eigenvalue weighted by Crippen LogP contribution is 2.24. The van der Waals surface area contributed by atoms with Gasteiger partial charge in [-0.2, -0.15) is 0 Å². The van der Waals surface area contributed by atoms with Gasteiger partial charge in [0.1, 0.15) is 29.7 Å². The number of methoxy groups -OCH3 is 1. The summed E-state index contributed by atoms with van der Waals surface area (Å²) in [5, 5.41) is 5.61. The van der Waals surface area contributed by atoms with Crippen LogP contribution in [0.3, 0.4) is 0 Å². The molecule has 2 amide bonds. The Labute approximate surface area is 275 Å². The Morgan fingerprint density at radius 2 is 1.54 bits per heavy atom. The summed E-state index contributed by atoms with van der Waals surface area (Å²) in [5.41, 5.74) is 3.27. The quantitative estimate of drug-likeness (QED) is 0.109. The molecule has 0 saturated carbocycles. The van der Waals surface area contributed by atoms with E-state index in [4.69, 9.17) is 14.2 Å². The van der Waals surface area contributed by atoms with Gasteiger partial charge in [-0.1, -0.05) is 83.7 Å². The number of amides is 2. The van der Waals surface area contributed by atoms with E-state index in [2.05, 4.69) is 30.6 Å². The standard InChI is InChI=1S/C37H56N2O7/c1-10-26(6)34-36(42)39-35(27(7)11-2)37(43)46-32(28(8)31(40)21-33(41)38-34)20-25(5)19-24(4)18-23(3)16-17-45-22-29-12-14-30(44-9)15-13-29/h12-16,20,24,26-28,32,34-35H,10-11,17-19,21-22H2,1-9H3,(H,38,41)(H,39,42)/b23-16+,25-20+/t24-,26+,27+,28+,32+,34-,35+/m1/s1. The summed E-state index contributed by atoms with van der Waals surface area (Å²) in [4.78, 5) is 53.0. The van der Waals surface area contributed by atoms with Gasteiger partial charge in [-0.15, -0.1) is 0 Å². The Morgan fingerprint density at radius 3 is 2.15 bits per heavy atom. The van der Waals surface area contributed by atoms with Crippen LogP contribution in [0.2, 0.25) is 0 Å². The molecule has 7 atom stereocenters. The molecule has 2 rings (SSSR count). The third-order valence-electron chi connectivity index (χ3n) is 8.93. The van der Waals surface area contributed by atoms with E-state index in [0.717, 1.165) is 29.7 Å². The molecule has 1 saturated heterocycles. The van der Waals surface area contributed by atoms with Gasteiger partial charge in [-0.05, 0) is 68.2 Å². The number of hydrogen-bond acceptors (Lipinski definition) is 7. The van der Waals surface area contributed by atoms with E-state index < -0.39 is 48.3 Å². The van der Waals surface area contributed by atoms with Crippen LogP contribution >= 0.6 is 0 Å². The van der Waals surface area contributed by atoms with Crippen LogP contribution in [0.5, 0.6) is 5.75 Å². The predicted molar refractivity (Wildman–Crippen MR) is 180 cm³/mol. The van der Waals surface area contributed by atoms with Crippen LogP contribution in [0.4, 0.5) is 0 Å². The Hall–Kier alpha value is -3.46. The number of rotatable bonds is 14. The van der Waals surface area contributed by atoms with Crippen molar-refractivity contribution in [3.63, 3.8) is 0 Å². The number of ketones is 1. The maximum atomic E-state index is 13.6. The molecular weight excluding hydrogens is 584 g/mol. The molecule has 9 heteroatoms. The molecule has 1 aliphatic heterocycles. The van der Waals surface area contributed by atoms with E-state index in [1.165, 1.54) is 5.57 Å². The van der Waals surface area contributed by atoms with E-state index in [-0.39, 0.29) is 23.5 Å². The van der Waals surface area contributed by atoms with Crippen LogP contribution < -0.4 is 15.4 Å². The molecule has 0 bridgehead atoms. The van der Waals surface area contributed by atoms with Gasteiger partial charge in [0.25, 0.3) is 0 Å². The zero-order chi connectivity index (χ0) is 34.4. The average molecular weight is 641 g/mol. The summed E-state index contributed by atoms with van der Waals surface area (Å²) in [6.07, 6.45) is 5.52. The molecule has 1 heterocycles. The molecule has 1 aliphatic rings. The zero-order valence-corrected chi connectivity index (χ0v) is 29.3. The molecule has 0 aromatic heterocycles. The highest BCUT2D eigenvalue weighted by molar-refractivity contribution is 6.01. The van der Waals surface area contributed by atoms with Crippen molar-refractivity contribution in [3.8, 4) is 5.75 Å². The van der Waals surface area contributed by atoms with Crippen molar-refractivity contribution in [3.05, 3.63) is 53.1 Å². The third-order valence-corrected chi connectivity index (χ3v) is 8.93. The first-order chi connectivity index (χ1) is 21.8. The van der Waals surface area contributed by atoms with E-state index in [0.29, 0.717) is 26.1 Å². The number of carbonyl (C=O) groups is 4. The second kappa shape index (κ2) is 19.3. The fraction of sp³-hybridized carbons (Fsp3) is 0.622. The first-order valence-corrected chi connectivity index (χ1v) is 16.7. The topological polar surface area (TPSA) is 120 Å². The first kappa shape index (κ1) is 38.7. The number of ether oxygens (including phenoxy) is 3. The summed E-state index contributed by atoms with van der Waals surface area (Å²) in [6, 6.07) is 6.05. The second-order valence-electron chi connectivity index (χ2n) is 13.1. The fourth-order valence-electron chi connectivity index (χ4n) is 5.53. The lowest BCUT2D eigenvalue weighted by atomic mass is 9.90. The van der Waals surface area contributed by atoms with Gasteiger partial charge in [0.2, 0.25) is 11.8 Å². The summed E-state index contributed by atoms with van der Waals surface area (Å²) < 4.78 is 17.0. The molecule has 9 nitrogen and oxygen atoms in total. The monoisotopic (exact) mass is 640 g/mol. The Balaban J connectivity index is 2.13. The lowest BCUT2D eigenvalue weighted by Gasteiger charge is -2.31. The molecular formula is C37H56N2O7. The summed E-state index contributed by atoms with van der Waals surface area (Å²) in [5.74, 6) is -1.90. The van der Waals surface area contributed by atoms with Crippen molar-refractivity contribution < 1.29 is 33.4 Å². The molecule has 0 aliphatic carbocycles. The number of Topliss-reactive ketones (excluding diaryl/α,β-unsaturated/α-hetero) is 1. The van der Waals surface area contributed by atoms with Crippen LogP contribution in [0, 0.1) is 23.7 Å². The molecule has 1 fully saturated rings. The number of hydrogen-bond donors (Lipinski definition) is 2. The van der Waals surface area contributed by atoms with Crippen LogP contribution in [-0.4, -0.2) is 55.5 Å². The van der Waals surface area contributed by atoms with Crippen molar-refractivity contribution in [2.24, 2.45) is 23.7 Å². The van der Waals surface area contributed by atoms with Crippen molar-refractivity contribution in [1.82, 2.24) is 10.6 Å². The second-order valence-corrected chi connectivity index (χ2v) is 13.1. The molecule has 1 aromatic rings. The van der Waals surface area contributed by atoms with Crippen LogP contribution in [0.15, 0.2) is 47.6 Å². The van der Waals surface area contributed by atoms with Gasteiger partial charge in [0, 0.05) is 0 Å². The molecule has 0 spiro atoms. The van der Waals surface area contributed by atoms with Crippen molar-refractivity contribution >= 4 is 23.6 Å². The number of allylic oxidation sites excluding steroid dienone is 2. The summed E-state index contributed by atoms with van der Waals surface area (Å²) >= 11 is 0. The first-order valence-electron chi connectivity index (χ1n) is 16.7. The van der Waals surface area contributed by atoms with Crippen LogP contribution in [0.25, 0.3) is 0 Å². The average Bonchev–Trinajstić information content (AvgIpc) is 3.02. The Kier molecular flexibility index (Phi) is 16.2. The zero-order valence-electron chi connectivity index (χ0n) is 29.3. The van der Waals surface area contributed by atoms with Crippen molar-refractivity contribution in [2.45, 2.75) is 112 Å². The number of benzene rings is 1. The molecule has 2 N–H and O–H groups in total. The molecule has 46 heavy (non-hydrogen) atoms. The van der Waals surface area contributed by atoms with E-state index in [1.54, 1.807) is 14.0 Å². The summed E-state index contributed by atoms with van der Waals surface area (Å²) in [7, 11) is 1.64. The van der Waals surface area contributed by atoms with Gasteiger partial charge in [0.05, 0.1) is 32.7 Å². The Bertz CT molecular complexity index is 1220. The lowest BCUT2D eigenvalue weighted by molar-refractivity contribution is -0.156. The van der Waals surface area contributed by atoms with Crippen LogP contribution in [0.1, 0.15) is 93.1 Å². The van der Waals surface area contributed by atoms with Crippen molar-refractivity contribution in [2.75, 3.05) is 13.7 Å². The number of nitrogens with one attached hydrogen (secondary N) is 2. The summed E-state index contributed by atoms with van der Waals surface area (Å²) in [6.45, 7) is 16.5. The lowest BCUT2D eigenvalue weighted by Crippen LogP contribution is -2.57. The molecule has 1 aromatic carbocycles. The normalized spacial score (nSPS) is 24.1. The number of carbonyl (C=O) groups excluding carboxylic acids is 4. The van der Waals surface area contributed by atoms with Gasteiger partial charge in [0.15, 0.2) is 0 Å². The maximum absolute atomic E-state index is 13.6. The highest BCUT2D eigenvalue weighted by Gasteiger charge is 2.37. The highest BCUT2D eigenvalue weighted by atomic mass is 16.5. The van der Waals surface area contributed by atoms with E-state index in [9.17, 15) is 19.2 Å². The fourth-order valence-corrected chi connectivity index (χ4v) is 5.53. The van der Waals surface area contributed by atoms with E-state index >= 15 is 0 Å². The van der Waals surface area contributed by atoms with Gasteiger partial charge in [-0.25, -0.2) is 4.79 Å². The molecule has 0 radical (unpaired) electrons.